The van der Waals surface area contributed by atoms with Crippen LogP contribution in [0.15, 0.2) is 52.3 Å². The molecule has 0 N–H and O–H groups in total. The highest BCUT2D eigenvalue weighted by Crippen LogP contribution is 2.30. The maximum atomic E-state index is 8.95. The third-order valence-corrected chi connectivity index (χ3v) is 4.74. The standard InChI is InChI=1S/C16H18OS2.C2H4O2/c1-12-7-4-5-8-14(12)17-11-13-15(18-2)9-6-10-16(13)19-3;1-4-2-3/h4-10H,11H2,1-3H3;2H,1H3. The molecule has 0 fully saturated rings. The van der Waals surface area contributed by atoms with Crippen molar-refractivity contribution >= 4 is 30.0 Å². The molecule has 0 bridgehead atoms. The zero-order valence-electron chi connectivity index (χ0n) is 13.9. The van der Waals surface area contributed by atoms with Crippen LogP contribution in [-0.4, -0.2) is 26.1 Å². The Kier molecular flexibility index (Phi) is 9.33. The van der Waals surface area contributed by atoms with Gasteiger partial charge in [-0.05, 0) is 43.2 Å². The van der Waals surface area contributed by atoms with Gasteiger partial charge in [-0.1, -0.05) is 24.3 Å². The summed E-state index contributed by atoms with van der Waals surface area (Å²) in [5.74, 6) is 0.963. The second kappa shape index (κ2) is 11.0. The zero-order chi connectivity index (χ0) is 17.1. The number of ether oxygens (including phenoxy) is 2. The Balaban J connectivity index is 0.000000593. The van der Waals surface area contributed by atoms with Gasteiger partial charge in [-0.3, -0.25) is 4.79 Å². The first-order chi connectivity index (χ1) is 11.2. The molecule has 0 amide bonds. The van der Waals surface area contributed by atoms with E-state index >= 15 is 0 Å². The molecule has 3 nitrogen and oxygen atoms in total. The van der Waals surface area contributed by atoms with E-state index in [1.807, 2.05) is 18.2 Å². The average Bonchev–Trinajstić information content (AvgIpc) is 2.60. The number of rotatable bonds is 6. The van der Waals surface area contributed by atoms with E-state index in [2.05, 4.69) is 48.4 Å². The van der Waals surface area contributed by atoms with Crippen LogP contribution in [0.3, 0.4) is 0 Å². The average molecular weight is 351 g/mol. The number of hydrogen-bond acceptors (Lipinski definition) is 5. The third-order valence-electron chi connectivity index (χ3n) is 3.09. The lowest BCUT2D eigenvalue weighted by Gasteiger charge is -2.14. The van der Waals surface area contributed by atoms with E-state index in [1.165, 1.54) is 28.0 Å². The molecule has 2 rings (SSSR count). The Bertz CT molecular complexity index is 593. The third kappa shape index (κ3) is 6.20. The van der Waals surface area contributed by atoms with E-state index < -0.39 is 0 Å². The minimum absolute atomic E-state index is 0.375. The summed E-state index contributed by atoms with van der Waals surface area (Å²) in [4.78, 5) is 11.5. The zero-order valence-corrected chi connectivity index (χ0v) is 15.5. The van der Waals surface area contributed by atoms with E-state index in [0.29, 0.717) is 13.1 Å². The van der Waals surface area contributed by atoms with Crippen molar-refractivity contribution in [2.75, 3.05) is 19.6 Å². The van der Waals surface area contributed by atoms with Gasteiger partial charge in [-0.25, -0.2) is 0 Å². The molecular formula is C18H22O3S2. The first kappa shape index (κ1) is 19.5. The van der Waals surface area contributed by atoms with Gasteiger partial charge in [-0.15, -0.1) is 23.5 Å². The van der Waals surface area contributed by atoms with Crippen LogP contribution in [-0.2, 0) is 16.1 Å². The molecule has 0 spiro atoms. The molecule has 0 aliphatic carbocycles. The van der Waals surface area contributed by atoms with Crippen LogP contribution in [0, 0.1) is 6.92 Å². The van der Waals surface area contributed by atoms with Crippen molar-refractivity contribution in [2.24, 2.45) is 0 Å². The lowest BCUT2D eigenvalue weighted by molar-refractivity contribution is -0.126. The molecule has 0 aromatic heterocycles. The van der Waals surface area contributed by atoms with Crippen LogP contribution in [0.2, 0.25) is 0 Å². The molecule has 5 heteroatoms. The van der Waals surface area contributed by atoms with Crippen molar-refractivity contribution in [1.82, 2.24) is 0 Å². The SMILES string of the molecule is COC=O.CSc1cccc(SC)c1COc1ccccc1C. The fraction of sp³-hybridized carbons (Fsp3) is 0.278. The molecule has 2 aromatic carbocycles. The van der Waals surface area contributed by atoms with Crippen LogP contribution in [0.4, 0.5) is 0 Å². The fourth-order valence-electron chi connectivity index (χ4n) is 1.94. The number of aryl methyl sites for hydroxylation is 1. The van der Waals surface area contributed by atoms with E-state index in [9.17, 15) is 0 Å². The number of para-hydroxylation sites is 1. The molecule has 0 aliphatic heterocycles. The second-order valence-corrected chi connectivity index (χ2v) is 6.22. The maximum absolute atomic E-state index is 8.95. The minimum Gasteiger partial charge on any atom is -0.489 e. The van der Waals surface area contributed by atoms with Crippen molar-refractivity contribution in [3.05, 3.63) is 53.6 Å². The quantitative estimate of drug-likeness (QED) is 0.552. The number of methoxy groups -OCH3 is 1. The lowest BCUT2D eigenvalue weighted by Crippen LogP contribution is -2.00. The fourth-order valence-corrected chi connectivity index (χ4v) is 3.26. The second-order valence-electron chi connectivity index (χ2n) is 4.53. The Morgan fingerprint density at radius 3 is 2.04 bits per heavy atom. The van der Waals surface area contributed by atoms with Gasteiger partial charge in [0.2, 0.25) is 0 Å². The summed E-state index contributed by atoms with van der Waals surface area (Å²) in [5, 5.41) is 0. The molecule has 0 saturated heterocycles. The van der Waals surface area contributed by atoms with Crippen molar-refractivity contribution in [3.8, 4) is 5.75 Å². The molecule has 0 atom stereocenters. The number of thioether (sulfide) groups is 2. The van der Waals surface area contributed by atoms with Gasteiger partial charge in [0.15, 0.2) is 0 Å². The Morgan fingerprint density at radius 2 is 1.57 bits per heavy atom. The molecule has 23 heavy (non-hydrogen) atoms. The number of hydrogen-bond donors (Lipinski definition) is 0. The van der Waals surface area contributed by atoms with Gasteiger partial charge >= 0.3 is 0 Å². The molecule has 0 saturated carbocycles. The van der Waals surface area contributed by atoms with Crippen molar-refractivity contribution < 1.29 is 14.3 Å². The molecule has 0 radical (unpaired) electrons. The normalized spacial score (nSPS) is 9.57. The summed E-state index contributed by atoms with van der Waals surface area (Å²) in [7, 11) is 1.31. The Labute approximate surface area is 146 Å². The predicted octanol–water partition coefficient (Wildman–Crippen LogP) is 4.81. The van der Waals surface area contributed by atoms with E-state index in [0.717, 1.165) is 5.75 Å². The largest absolute Gasteiger partial charge is 0.489 e. The van der Waals surface area contributed by atoms with Crippen LogP contribution in [0.25, 0.3) is 0 Å². The van der Waals surface area contributed by atoms with Gasteiger partial charge in [0.1, 0.15) is 12.4 Å². The highest BCUT2D eigenvalue weighted by molar-refractivity contribution is 7.99. The molecule has 0 heterocycles. The lowest BCUT2D eigenvalue weighted by atomic mass is 10.2. The topological polar surface area (TPSA) is 35.5 Å². The summed E-state index contributed by atoms with van der Waals surface area (Å²) in [6, 6.07) is 14.6. The van der Waals surface area contributed by atoms with E-state index in [4.69, 9.17) is 9.53 Å². The van der Waals surface area contributed by atoms with Gasteiger partial charge in [0.25, 0.3) is 6.47 Å². The van der Waals surface area contributed by atoms with Crippen LogP contribution in [0.5, 0.6) is 5.75 Å². The van der Waals surface area contributed by atoms with Gasteiger partial charge in [0, 0.05) is 15.4 Å². The number of carbonyl (C=O) groups is 1. The molecule has 2 aromatic rings. The number of carbonyl (C=O) groups excluding carboxylic acids is 1. The minimum atomic E-state index is 0.375. The highest BCUT2D eigenvalue weighted by atomic mass is 32.2. The smallest absolute Gasteiger partial charge is 0.292 e. The highest BCUT2D eigenvalue weighted by Gasteiger charge is 2.08. The summed E-state index contributed by atoms with van der Waals surface area (Å²) in [6.07, 6.45) is 4.22. The molecule has 124 valence electrons. The summed E-state index contributed by atoms with van der Waals surface area (Å²) < 4.78 is 9.84. The first-order valence-electron chi connectivity index (χ1n) is 7.02. The monoisotopic (exact) mass is 350 g/mol. The van der Waals surface area contributed by atoms with Crippen molar-refractivity contribution in [2.45, 2.75) is 23.3 Å². The molecular weight excluding hydrogens is 328 g/mol. The Morgan fingerprint density at radius 1 is 1.00 bits per heavy atom. The first-order valence-corrected chi connectivity index (χ1v) is 9.47. The molecule has 0 aliphatic rings. The molecule has 0 unspecified atom stereocenters. The van der Waals surface area contributed by atoms with Crippen LogP contribution in [0.1, 0.15) is 11.1 Å². The van der Waals surface area contributed by atoms with Crippen molar-refractivity contribution in [1.29, 1.82) is 0 Å². The van der Waals surface area contributed by atoms with Gasteiger partial charge in [-0.2, -0.15) is 0 Å². The maximum Gasteiger partial charge on any atom is 0.292 e. The van der Waals surface area contributed by atoms with Gasteiger partial charge in [0.05, 0.1) is 7.11 Å². The number of benzene rings is 2. The summed E-state index contributed by atoms with van der Waals surface area (Å²) in [6.45, 7) is 3.07. The predicted molar refractivity (Wildman–Crippen MR) is 98.6 cm³/mol. The van der Waals surface area contributed by atoms with Crippen LogP contribution < -0.4 is 4.74 Å². The summed E-state index contributed by atoms with van der Waals surface area (Å²) in [5.41, 5.74) is 2.46. The summed E-state index contributed by atoms with van der Waals surface area (Å²) >= 11 is 3.54. The Hall–Kier alpha value is -1.59. The van der Waals surface area contributed by atoms with E-state index in [1.54, 1.807) is 23.5 Å². The van der Waals surface area contributed by atoms with E-state index in [-0.39, 0.29) is 0 Å². The van der Waals surface area contributed by atoms with Crippen molar-refractivity contribution in [3.63, 3.8) is 0 Å². The van der Waals surface area contributed by atoms with Crippen LogP contribution >= 0.6 is 23.5 Å². The van der Waals surface area contributed by atoms with Gasteiger partial charge < -0.3 is 9.47 Å².